The number of hydrogen-bond donors (Lipinski definition) is 2. The molecule has 3 aromatic rings. The minimum Gasteiger partial charge on any atom is -0.444 e. The number of aromatic nitrogens is 4. The standard InChI is InChI=1S/C21H27N7O2/c1-21(2,3)30-20(29)27-11-10-14(13-27)24-18-7-5-6-15(25-18)16-12-23-19-9-8-17(22-4)26-28(16)19/h5-9,12,14H,10-11,13H2,1-4H3,(H,22,26)(H,24,25). The fraction of sp³-hybridized carbons (Fsp3) is 0.429. The van der Waals surface area contributed by atoms with E-state index in [0.29, 0.717) is 13.1 Å². The van der Waals surface area contributed by atoms with Gasteiger partial charge in [-0.1, -0.05) is 6.07 Å². The van der Waals surface area contributed by atoms with Crippen LogP contribution in [0.25, 0.3) is 17.0 Å². The molecule has 1 amide bonds. The Morgan fingerprint density at radius 1 is 1.20 bits per heavy atom. The first-order valence-corrected chi connectivity index (χ1v) is 10.1. The minimum absolute atomic E-state index is 0.122. The van der Waals surface area contributed by atoms with Gasteiger partial charge in [0, 0.05) is 26.2 Å². The zero-order valence-corrected chi connectivity index (χ0v) is 17.7. The SMILES string of the molecule is CNc1ccc2ncc(-c3cccc(NC4CCN(C(=O)OC(C)(C)C)C4)n3)n2n1. The third-order valence-corrected chi connectivity index (χ3v) is 4.82. The van der Waals surface area contributed by atoms with Gasteiger partial charge in [-0.15, -0.1) is 5.10 Å². The van der Waals surface area contributed by atoms with Crippen LogP contribution in [0.3, 0.4) is 0 Å². The molecule has 9 heteroatoms. The Morgan fingerprint density at radius 2 is 2.03 bits per heavy atom. The molecule has 9 nitrogen and oxygen atoms in total. The number of anilines is 2. The molecule has 1 saturated heterocycles. The van der Waals surface area contributed by atoms with Crippen LogP contribution >= 0.6 is 0 Å². The Labute approximate surface area is 175 Å². The van der Waals surface area contributed by atoms with Crippen LogP contribution in [-0.2, 0) is 4.74 Å². The fourth-order valence-electron chi connectivity index (χ4n) is 3.42. The van der Waals surface area contributed by atoms with Gasteiger partial charge in [-0.2, -0.15) is 0 Å². The lowest BCUT2D eigenvalue weighted by Crippen LogP contribution is -2.36. The summed E-state index contributed by atoms with van der Waals surface area (Å²) in [4.78, 5) is 23.2. The molecule has 158 valence electrons. The van der Waals surface area contributed by atoms with E-state index in [1.807, 2.05) is 58.2 Å². The molecule has 4 heterocycles. The molecule has 3 aromatic heterocycles. The van der Waals surface area contributed by atoms with Crippen LogP contribution in [0, 0.1) is 0 Å². The van der Waals surface area contributed by atoms with Gasteiger partial charge in [0.1, 0.15) is 22.9 Å². The molecule has 30 heavy (non-hydrogen) atoms. The van der Waals surface area contributed by atoms with Crippen LogP contribution in [0.2, 0.25) is 0 Å². The van der Waals surface area contributed by atoms with E-state index in [-0.39, 0.29) is 12.1 Å². The number of likely N-dealkylation sites (tertiary alicyclic amines) is 1. The predicted molar refractivity (Wildman–Crippen MR) is 116 cm³/mol. The van der Waals surface area contributed by atoms with Gasteiger partial charge in [0.25, 0.3) is 0 Å². The summed E-state index contributed by atoms with van der Waals surface area (Å²) < 4.78 is 7.25. The summed E-state index contributed by atoms with van der Waals surface area (Å²) in [5, 5.41) is 11.0. The van der Waals surface area contributed by atoms with Crippen molar-refractivity contribution in [2.24, 2.45) is 0 Å². The topological polar surface area (TPSA) is 96.7 Å². The van der Waals surface area contributed by atoms with Gasteiger partial charge in [0.05, 0.1) is 11.9 Å². The summed E-state index contributed by atoms with van der Waals surface area (Å²) >= 11 is 0. The number of carbonyl (C=O) groups excluding carboxylic acids is 1. The van der Waals surface area contributed by atoms with E-state index in [1.165, 1.54) is 0 Å². The number of fused-ring (bicyclic) bond motifs is 1. The van der Waals surface area contributed by atoms with Gasteiger partial charge >= 0.3 is 6.09 Å². The number of hydrogen-bond acceptors (Lipinski definition) is 7. The zero-order valence-electron chi connectivity index (χ0n) is 17.7. The van der Waals surface area contributed by atoms with Crippen molar-refractivity contribution in [2.45, 2.75) is 38.8 Å². The van der Waals surface area contributed by atoms with Crippen molar-refractivity contribution in [3.63, 3.8) is 0 Å². The number of pyridine rings is 1. The highest BCUT2D eigenvalue weighted by Gasteiger charge is 2.29. The summed E-state index contributed by atoms with van der Waals surface area (Å²) in [6.45, 7) is 6.88. The number of rotatable bonds is 4. The van der Waals surface area contributed by atoms with Gasteiger partial charge in [-0.05, 0) is 51.5 Å². The Kier molecular flexibility index (Phi) is 5.19. The second kappa shape index (κ2) is 7.81. The minimum atomic E-state index is -0.492. The first-order valence-electron chi connectivity index (χ1n) is 10.1. The van der Waals surface area contributed by atoms with E-state index < -0.39 is 5.60 Å². The molecule has 1 fully saturated rings. The molecule has 1 aliphatic rings. The quantitative estimate of drug-likeness (QED) is 0.683. The third kappa shape index (κ3) is 4.29. The maximum Gasteiger partial charge on any atom is 0.410 e. The Balaban J connectivity index is 1.48. The molecule has 0 aromatic carbocycles. The maximum atomic E-state index is 12.3. The van der Waals surface area contributed by atoms with Gasteiger partial charge in [0.15, 0.2) is 5.65 Å². The average molecular weight is 409 g/mol. The second-order valence-corrected chi connectivity index (χ2v) is 8.35. The Hall–Kier alpha value is -3.36. The smallest absolute Gasteiger partial charge is 0.410 e. The van der Waals surface area contributed by atoms with Crippen LogP contribution in [0.1, 0.15) is 27.2 Å². The molecule has 0 bridgehead atoms. The average Bonchev–Trinajstić information content (AvgIpc) is 3.33. The van der Waals surface area contributed by atoms with Gasteiger partial charge in [-0.25, -0.2) is 19.3 Å². The summed E-state index contributed by atoms with van der Waals surface area (Å²) in [6, 6.07) is 9.73. The van der Waals surface area contributed by atoms with Crippen molar-refractivity contribution in [2.75, 3.05) is 30.8 Å². The maximum absolute atomic E-state index is 12.3. The first-order chi connectivity index (χ1) is 14.3. The van der Waals surface area contributed by atoms with Crippen LogP contribution in [0.15, 0.2) is 36.5 Å². The van der Waals surface area contributed by atoms with Crippen molar-refractivity contribution < 1.29 is 9.53 Å². The van der Waals surface area contributed by atoms with Crippen LogP contribution in [0.4, 0.5) is 16.4 Å². The summed E-state index contributed by atoms with van der Waals surface area (Å²) in [5.41, 5.74) is 1.85. The molecule has 1 aliphatic heterocycles. The molecular weight excluding hydrogens is 382 g/mol. The highest BCUT2D eigenvalue weighted by atomic mass is 16.6. The monoisotopic (exact) mass is 409 g/mol. The number of carbonyl (C=O) groups is 1. The number of amides is 1. The molecular formula is C21H27N7O2. The number of nitrogens with one attached hydrogen (secondary N) is 2. The van der Waals surface area contributed by atoms with Gasteiger partial charge < -0.3 is 20.3 Å². The van der Waals surface area contributed by atoms with Crippen LogP contribution in [-0.4, -0.2) is 62.4 Å². The van der Waals surface area contributed by atoms with E-state index in [9.17, 15) is 4.79 Å². The number of nitrogens with zero attached hydrogens (tertiary/aromatic N) is 5. The Bertz CT molecular complexity index is 1060. The summed E-state index contributed by atoms with van der Waals surface area (Å²) in [5.74, 6) is 1.51. The van der Waals surface area contributed by atoms with E-state index in [4.69, 9.17) is 9.72 Å². The predicted octanol–water partition coefficient (Wildman–Crippen LogP) is 3.25. The van der Waals surface area contributed by atoms with Crippen LogP contribution < -0.4 is 10.6 Å². The van der Waals surface area contributed by atoms with Crippen molar-refractivity contribution >= 4 is 23.4 Å². The van der Waals surface area contributed by atoms with Gasteiger partial charge in [0.2, 0.25) is 0 Å². The van der Waals surface area contributed by atoms with Crippen LogP contribution in [0.5, 0.6) is 0 Å². The second-order valence-electron chi connectivity index (χ2n) is 8.35. The zero-order chi connectivity index (χ0) is 21.3. The van der Waals surface area contributed by atoms with Crippen molar-refractivity contribution in [1.82, 2.24) is 24.5 Å². The molecule has 2 N–H and O–H groups in total. The highest BCUT2D eigenvalue weighted by molar-refractivity contribution is 5.69. The molecule has 1 unspecified atom stereocenters. The Morgan fingerprint density at radius 3 is 2.80 bits per heavy atom. The molecule has 0 saturated carbocycles. The van der Waals surface area contributed by atoms with E-state index in [2.05, 4.69) is 20.7 Å². The molecule has 0 spiro atoms. The normalized spacial score (nSPS) is 16.7. The highest BCUT2D eigenvalue weighted by Crippen LogP contribution is 2.22. The third-order valence-electron chi connectivity index (χ3n) is 4.82. The summed E-state index contributed by atoms with van der Waals surface area (Å²) in [7, 11) is 1.83. The van der Waals surface area contributed by atoms with E-state index >= 15 is 0 Å². The van der Waals surface area contributed by atoms with Crippen molar-refractivity contribution in [1.29, 1.82) is 0 Å². The first kappa shape index (κ1) is 19.9. The van der Waals surface area contributed by atoms with Gasteiger partial charge in [-0.3, -0.25) is 0 Å². The lowest BCUT2D eigenvalue weighted by atomic mass is 10.2. The lowest BCUT2D eigenvalue weighted by molar-refractivity contribution is 0.0293. The number of ether oxygens (including phenoxy) is 1. The molecule has 0 radical (unpaired) electrons. The largest absolute Gasteiger partial charge is 0.444 e. The fourth-order valence-corrected chi connectivity index (χ4v) is 3.42. The van der Waals surface area contributed by atoms with E-state index in [0.717, 1.165) is 35.1 Å². The summed E-state index contributed by atoms with van der Waals surface area (Å²) in [6.07, 6.45) is 2.34. The molecule has 0 aliphatic carbocycles. The molecule has 1 atom stereocenters. The van der Waals surface area contributed by atoms with Crippen molar-refractivity contribution in [3.8, 4) is 11.4 Å². The van der Waals surface area contributed by atoms with Crippen molar-refractivity contribution in [3.05, 3.63) is 36.5 Å². The van der Waals surface area contributed by atoms with E-state index in [1.54, 1.807) is 15.6 Å². The number of imidazole rings is 1. The lowest BCUT2D eigenvalue weighted by Gasteiger charge is -2.24. The molecule has 4 rings (SSSR count).